The van der Waals surface area contributed by atoms with Crippen molar-refractivity contribution in [3.05, 3.63) is 76.9 Å². The van der Waals surface area contributed by atoms with Crippen molar-refractivity contribution in [2.75, 3.05) is 26.2 Å². The zero-order chi connectivity index (χ0) is 26.0. The fraction of sp³-hybridized carbons (Fsp3) is 0.292. The van der Waals surface area contributed by atoms with Gasteiger partial charge < -0.3 is 14.7 Å². The highest BCUT2D eigenvalue weighted by Crippen LogP contribution is 2.32. The first-order valence-electron chi connectivity index (χ1n) is 11.0. The molecule has 1 fully saturated rings. The van der Waals surface area contributed by atoms with Crippen LogP contribution in [0, 0.1) is 12.7 Å². The van der Waals surface area contributed by atoms with Crippen molar-refractivity contribution in [1.82, 2.24) is 19.6 Å². The molecule has 1 aliphatic heterocycles. The molecule has 36 heavy (non-hydrogen) atoms. The van der Waals surface area contributed by atoms with E-state index >= 15 is 0 Å². The molecule has 0 aliphatic carbocycles. The molecule has 1 N–H and O–H groups in total. The Bertz CT molecular complexity index is 1270. The zero-order valence-electron chi connectivity index (χ0n) is 19.1. The van der Waals surface area contributed by atoms with Gasteiger partial charge in [0.25, 0.3) is 0 Å². The van der Waals surface area contributed by atoms with Gasteiger partial charge in [-0.25, -0.2) is 14.0 Å². The minimum absolute atomic E-state index is 0.171. The summed E-state index contributed by atoms with van der Waals surface area (Å²) in [7, 11) is 0. The van der Waals surface area contributed by atoms with Gasteiger partial charge in [0.05, 0.1) is 0 Å². The van der Waals surface area contributed by atoms with E-state index in [1.54, 1.807) is 18.2 Å². The number of carboxylic acid groups (broad SMARTS) is 1. The normalized spacial score (nSPS) is 14.6. The second kappa shape index (κ2) is 9.97. The predicted octanol–water partition coefficient (Wildman–Crippen LogP) is 4.63. The van der Waals surface area contributed by atoms with E-state index in [0.717, 1.165) is 5.56 Å². The van der Waals surface area contributed by atoms with E-state index in [2.05, 4.69) is 5.10 Å². The minimum Gasteiger partial charge on any atom is -0.476 e. The molecule has 0 radical (unpaired) electrons. The quantitative estimate of drug-likeness (QED) is 0.508. The highest BCUT2D eigenvalue weighted by atomic mass is 19.4. The molecule has 0 spiro atoms. The van der Waals surface area contributed by atoms with Gasteiger partial charge in [-0.05, 0) is 36.8 Å². The molecule has 1 amide bonds. The van der Waals surface area contributed by atoms with E-state index in [4.69, 9.17) is 9.84 Å². The highest BCUT2D eigenvalue weighted by molar-refractivity contribution is 5.88. The lowest BCUT2D eigenvalue weighted by Gasteiger charge is -2.34. The third-order valence-electron chi connectivity index (χ3n) is 5.65. The maximum absolute atomic E-state index is 14.2. The zero-order valence-corrected chi connectivity index (χ0v) is 19.1. The Morgan fingerprint density at radius 1 is 1.03 bits per heavy atom. The van der Waals surface area contributed by atoms with Crippen LogP contribution in [-0.4, -0.2) is 62.9 Å². The van der Waals surface area contributed by atoms with E-state index in [1.165, 1.54) is 17.0 Å². The van der Waals surface area contributed by atoms with Crippen LogP contribution in [0.5, 0.6) is 11.5 Å². The number of rotatable bonds is 5. The van der Waals surface area contributed by atoms with Crippen molar-refractivity contribution in [3.63, 3.8) is 0 Å². The van der Waals surface area contributed by atoms with E-state index in [-0.39, 0.29) is 13.1 Å². The number of halogens is 4. The number of aromatic carboxylic acids is 1. The number of carbonyl (C=O) groups is 2. The summed E-state index contributed by atoms with van der Waals surface area (Å²) >= 11 is 0. The smallest absolute Gasteiger partial charge is 0.420 e. The average Bonchev–Trinajstić information content (AvgIpc) is 3.27. The number of piperazine rings is 1. The van der Waals surface area contributed by atoms with Crippen LogP contribution in [0.3, 0.4) is 0 Å². The summed E-state index contributed by atoms with van der Waals surface area (Å²) in [5, 5.41) is 12.3. The molecule has 8 nitrogen and oxygen atoms in total. The third kappa shape index (κ3) is 5.82. The van der Waals surface area contributed by atoms with Gasteiger partial charge in [-0.15, -0.1) is 0 Å². The fourth-order valence-corrected chi connectivity index (χ4v) is 3.85. The predicted molar refractivity (Wildman–Crippen MR) is 119 cm³/mol. The van der Waals surface area contributed by atoms with Crippen molar-refractivity contribution in [2.24, 2.45) is 0 Å². The maximum atomic E-state index is 14.2. The van der Waals surface area contributed by atoms with Crippen LogP contribution >= 0.6 is 0 Å². The molecule has 0 unspecified atom stereocenters. The molecule has 4 rings (SSSR count). The summed E-state index contributed by atoms with van der Waals surface area (Å²) in [6.07, 6.45) is -4.57. The van der Waals surface area contributed by atoms with Crippen LogP contribution < -0.4 is 4.74 Å². The summed E-state index contributed by atoms with van der Waals surface area (Å²) in [4.78, 5) is 27.0. The Hall–Kier alpha value is -3.93. The van der Waals surface area contributed by atoms with Gasteiger partial charge in [-0.1, -0.05) is 17.7 Å². The highest BCUT2D eigenvalue weighted by Gasteiger charge is 2.39. The third-order valence-corrected chi connectivity index (χ3v) is 5.65. The monoisotopic (exact) mass is 506 g/mol. The van der Waals surface area contributed by atoms with Crippen LogP contribution in [0.15, 0.2) is 48.7 Å². The maximum Gasteiger partial charge on any atom is 0.420 e. The number of aryl methyl sites for hydroxylation is 1. The Labute approximate surface area is 203 Å². The van der Waals surface area contributed by atoms with Crippen LogP contribution in [0.2, 0.25) is 0 Å². The standard InChI is InChI=1S/C24H22F4N4O4/c1-15-2-4-18(5-3-15)36-19-11-16(10-17(25)12-19)13-30-6-8-31(9-7-30)23(35)32-14-20(24(26,27)28)21(29-32)22(33)34/h2-5,10-12,14H,6-9,13H2,1H3,(H,33,34). The number of ether oxygens (including phenoxy) is 1. The number of amides is 1. The van der Waals surface area contributed by atoms with Gasteiger partial charge in [-0.2, -0.15) is 23.0 Å². The van der Waals surface area contributed by atoms with Crippen LogP contribution in [0.4, 0.5) is 22.4 Å². The summed E-state index contributed by atoms with van der Waals surface area (Å²) in [5.41, 5.74) is -0.999. The number of carbonyl (C=O) groups excluding carboxylic acids is 1. The summed E-state index contributed by atoms with van der Waals surface area (Å²) in [6.45, 7) is 3.40. The summed E-state index contributed by atoms with van der Waals surface area (Å²) in [6, 6.07) is 10.9. The molecule has 0 saturated carbocycles. The molecule has 3 aromatic rings. The molecule has 12 heteroatoms. The van der Waals surface area contributed by atoms with E-state index in [1.807, 2.05) is 24.0 Å². The van der Waals surface area contributed by atoms with Gasteiger partial charge in [0.15, 0.2) is 5.69 Å². The number of nitrogens with zero attached hydrogens (tertiary/aromatic N) is 4. The van der Waals surface area contributed by atoms with Crippen LogP contribution in [0.1, 0.15) is 27.2 Å². The lowest BCUT2D eigenvalue weighted by atomic mass is 10.1. The van der Waals surface area contributed by atoms with Crippen molar-refractivity contribution in [2.45, 2.75) is 19.6 Å². The Morgan fingerprint density at radius 2 is 1.69 bits per heavy atom. The van der Waals surface area contributed by atoms with Crippen LogP contribution in [-0.2, 0) is 12.7 Å². The molecular weight excluding hydrogens is 484 g/mol. The Morgan fingerprint density at radius 3 is 2.28 bits per heavy atom. The van der Waals surface area contributed by atoms with Crippen molar-refractivity contribution < 1.29 is 37.0 Å². The molecule has 1 saturated heterocycles. The molecule has 0 bridgehead atoms. The topological polar surface area (TPSA) is 87.9 Å². The molecule has 190 valence electrons. The SMILES string of the molecule is Cc1ccc(Oc2cc(F)cc(CN3CCN(C(=O)n4cc(C(F)(F)F)c(C(=O)O)n4)CC3)c2)cc1. The lowest BCUT2D eigenvalue weighted by molar-refractivity contribution is -0.138. The van der Waals surface area contributed by atoms with Gasteiger partial charge in [-0.3, -0.25) is 4.90 Å². The van der Waals surface area contributed by atoms with Crippen molar-refractivity contribution in [3.8, 4) is 11.5 Å². The number of aromatic nitrogens is 2. The molecule has 2 heterocycles. The van der Waals surface area contributed by atoms with Gasteiger partial charge >= 0.3 is 18.2 Å². The van der Waals surface area contributed by atoms with Gasteiger partial charge in [0.1, 0.15) is 22.9 Å². The first-order chi connectivity index (χ1) is 17.0. The van der Waals surface area contributed by atoms with E-state index in [9.17, 15) is 27.2 Å². The van der Waals surface area contributed by atoms with E-state index in [0.29, 0.717) is 47.6 Å². The fourth-order valence-electron chi connectivity index (χ4n) is 3.85. The van der Waals surface area contributed by atoms with Gasteiger partial charge in [0, 0.05) is 45.0 Å². The summed E-state index contributed by atoms with van der Waals surface area (Å²) < 4.78 is 59.6. The minimum atomic E-state index is -4.96. The largest absolute Gasteiger partial charge is 0.476 e. The average molecular weight is 506 g/mol. The number of hydrogen-bond donors (Lipinski definition) is 1. The van der Waals surface area contributed by atoms with Crippen molar-refractivity contribution in [1.29, 1.82) is 0 Å². The molecule has 1 aromatic heterocycles. The first kappa shape index (κ1) is 25.2. The summed E-state index contributed by atoms with van der Waals surface area (Å²) in [5.74, 6) is -1.42. The Balaban J connectivity index is 1.39. The molecule has 0 atom stereocenters. The second-order valence-electron chi connectivity index (χ2n) is 8.39. The second-order valence-corrected chi connectivity index (χ2v) is 8.39. The molecule has 1 aliphatic rings. The number of benzene rings is 2. The van der Waals surface area contributed by atoms with Crippen molar-refractivity contribution >= 4 is 12.0 Å². The van der Waals surface area contributed by atoms with Crippen LogP contribution in [0.25, 0.3) is 0 Å². The Kier molecular flexibility index (Phi) is 6.97. The number of carboxylic acids is 1. The first-order valence-corrected chi connectivity index (χ1v) is 11.0. The number of hydrogen-bond acceptors (Lipinski definition) is 5. The van der Waals surface area contributed by atoms with Gasteiger partial charge in [0.2, 0.25) is 0 Å². The molecular formula is C24H22F4N4O4. The van der Waals surface area contributed by atoms with E-state index < -0.39 is 35.3 Å². The number of alkyl halides is 3. The molecule has 2 aromatic carbocycles. The lowest BCUT2D eigenvalue weighted by Crippen LogP contribution is -2.49.